The molecule has 0 fully saturated rings. The topological polar surface area (TPSA) is 67.2 Å². The van der Waals surface area contributed by atoms with E-state index in [0.29, 0.717) is 28.7 Å². The van der Waals surface area contributed by atoms with Crippen LogP contribution < -0.4 is 0 Å². The second-order valence-corrected chi connectivity index (χ2v) is 3.50. The molecule has 0 unspecified atom stereocenters. The van der Waals surface area contributed by atoms with Crippen molar-refractivity contribution in [3.05, 3.63) is 34.4 Å². The summed E-state index contributed by atoms with van der Waals surface area (Å²) in [5.74, 6) is -0.401. The van der Waals surface area contributed by atoms with Crippen LogP contribution in [0.5, 0.6) is 0 Å². The van der Waals surface area contributed by atoms with Gasteiger partial charge < -0.3 is 4.74 Å². The van der Waals surface area contributed by atoms with Crippen LogP contribution in [-0.4, -0.2) is 19.4 Å². The fourth-order valence-corrected chi connectivity index (χ4v) is 1.72. The summed E-state index contributed by atoms with van der Waals surface area (Å²) in [5.41, 5.74) is 2.19. The molecule has 4 nitrogen and oxygen atoms in total. The van der Waals surface area contributed by atoms with Gasteiger partial charge in [-0.3, -0.25) is 9.59 Å². The van der Waals surface area contributed by atoms with E-state index in [1.807, 2.05) is 6.92 Å². The van der Waals surface area contributed by atoms with Gasteiger partial charge >= 0.3 is 5.97 Å². The summed E-state index contributed by atoms with van der Waals surface area (Å²) in [7, 11) is 1.30. The lowest BCUT2D eigenvalue weighted by Crippen LogP contribution is -2.08. The summed E-state index contributed by atoms with van der Waals surface area (Å²) in [6.45, 7) is 1.87. The van der Waals surface area contributed by atoms with E-state index in [1.54, 1.807) is 12.1 Å². The van der Waals surface area contributed by atoms with Gasteiger partial charge in [0.15, 0.2) is 0 Å². The van der Waals surface area contributed by atoms with Crippen molar-refractivity contribution in [2.45, 2.75) is 19.8 Å². The van der Waals surface area contributed by atoms with Crippen molar-refractivity contribution in [2.75, 3.05) is 7.11 Å². The van der Waals surface area contributed by atoms with Crippen LogP contribution in [0.15, 0.2) is 12.1 Å². The van der Waals surface area contributed by atoms with Crippen LogP contribution in [0, 0.1) is 11.3 Å². The molecule has 1 rings (SSSR count). The first-order chi connectivity index (χ1) is 8.17. The standard InChI is InChI=1S/C13H13NO3/c1-3-11-10(8-15)5-4-9(12(11)7-14)6-13(16)17-2/h4-5,8H,3,6H2,1-2H3. The highest BCUT2D eigenvalue weighted by Crippen LogP contribution is 2.19. The molecule has 0 radical (unpaired) electrons. The average Bonchev–Trinajstić information content (AvgIpc) is 2.37. The quantitative estimate of drug-likeness (QED) is 0.583. The Balaban J connectivity index is 3.29. The zero-order valence-corrected chi connectivity index (χ0v) is 9.82. The van der Waals surface area contributed by atoms with Crippen LogP contribution in [0.3, 0.4) is 0 Å². The third-order valence-corrected chi connectivity index (χ3v) is 2.59. The van der Waals surface area contributed by atoms with Gasteiger partial charge in [0.05, 0.1) is 25.2 Å². The Bertz CT molecular complexity index is 486. The number of aldehydes is 1. The van der Waals surface area contributed by atoms with Crippen LogP contribution in [0.25, 0.3) is 0 Å². The van der Waals surface area contributed by atoms with E-state index in [2.05, 4.69) is 10.8 Å². The fourth-order valence-electron chi connectivity index (χ4n) is 1.72. The highest BCUT2D eigenvalue weighted by molar-refractivity contribution is 5.80. The Hall–Kier alpha value is -2.15. The van der Waals surface area contributed by atoms with Gasteiger partial charge in [-0.25, -0.2) is 0 Å². The Morgan fingerprint density at radius 1 is 1.53 bits per heavy atom. The first-order valence-corrected chi connectivity index (χ1v) is 5.24. The Kier molecular flexibility index (Phi) is 4.41. The second kappa shape index (κ2) is 5.80. The summed E-state index contributed by atoms with van der Waals surface area (Å²) in [6, 6.07) is 5.31. The molecule has 17 heavy (non-hydrogen) atoms. The Morgan fingerprint density at radius 3 is 2.71 bits per heavy atom. The SMILES string of the molecule is CCc1c(C=O)ccc(CC(=O)OC)c1C#N. The zero-order chi connectivity index (χ0) is 12.8. The van der Waals surface area contributed by atoms with Crippen molar-refractivity contribution in [1.82, 2.24) is 0 Å². The molecule has 0 aliphatic heterocycles. The van der Waals surface area contributed by atoms with Gasteiger partial charge in [0.25, 0.3) is 0 Å². The summed E-state index contributed by atoms with van der Waals surface area (Å²) < 4.78 is 4.57. The van der Waals surface area contributed by atoms with Crippen LogP contribution in [-0.2, 0) is 22.4 Å². The van der Waals surface area contributed by atoms with Crippen molar-refractivity contribution < 1.29 is 14.3 Å². The monoisotopic (exact) mass is 231 g/mol. The van der Waals surface area contributed by atoms with Crippen molar-refractivity contribution in [3.63, 3.8) is 0 Å². The van der Waals surface area contributed by atoms with E-state index in [0.717, 1.165) is 6.29 Å². The van der Waals surface area contributed by atoms with Crippen molar-refractivity contribution in [1.29, 1.82) is 5.26 Å². The molecule has 0 saturated heterocycles. The van der Waals surface area contributed by atoms with Crippen molar-refractivity contribution >= 4 is 12.3 Å². The molecule has 0 amide bonds. The molecule has 1 aromatic carbocycles. The van der Waals surface area contributed by atoms with Crippen LogP contribution >= 0.6 is 0 Å². The van der Waals surface area contributed by atoms with Crippen LogP contribution in [0.2, 0.25) is 0 Å². The molecule has 0 aromatic heterocycles. The number of ether oxygens (including phenoxy) is 1. The van der Waals surface area contributed by atoms with Gasteiger partial charge in [0.1, 0.15) is 6.29 Å². The number of benzene rings is 1. The highest BCUT2D eigenvalue weighted by atomic mass is 16.5. The number of hydrogen-bond acceptors (Lipinski definition) is 4. The zero-order valence-electron chi connectivity index (χ0n) is 9.82. The van der Waals surface area contributed by atoms with E-state index >= 15 is 0 Å². The normalized spacial score (nSPS) is 9.47. The van der Waals surface area contributed by atoms with E-state index in [4.69, 9.17) is 5.26 Å². The molecule has 4 heteroatoms. The molecule has 0 spiro atoms. The van der Waals surface area contributed by atoms with Crippen molar-refractivity contribution in [3.8, 4) is 6.07 Å². The number of hydrogen-bond donors (Lipinski definition) is 0. The lowest BCUT2D eigenvalue weighted by molar-refractivity contribution is -0.139. The minimum absolute atomic E-state index is 0.0472. The molecule has 1 aromatic rings. The van der Waals surface area contributed by atoms with Gasteiger partial charge in [-0.05, 0) is 17.5 Å². The number of esters is 1. The Labute approximate surface area is 99.8 Å². The van der Waals surface area contributed by atoms with Crippen LogP contribution in [0.4, 0.5) is 0 Å². The number of carbonyl (C=O) groups is 2. The molecule has 0 N–H and O–H groups in total. The minimum Gasteiger partial charge on any atom is -0.469 e. The molecule has 0 aliphatic rings. The van der Waals surface area contributed by atoms with Gasteiger partial charge in [-0.2, -0.15) is 5.26 Å². The molecule has 0 aliphatic carbocycles. The lowest BCUT2D eigenvalue weighted by Gasteiger charge is -2.09. The molecular formula is C13H13NO3. The second-order valence-electron chi connectivity index (χ2n) is 3.50. The highest BCUT2D eigenvalue weighted by Gasteiger charge is 2.14. The maximum Gasteiger partial charge on any atom is 0.310 e. The predicted octanol–water partition coefficient (Wildman–Crippen LogP) is 1.65. The van der Waals surface area contributed by atoms with Gasteiger partial charge in [-0.1, -0.05) is 19.1 Å². The number of nitriles is 1. The summed E-state index contributed by atoms with van der Waals surface area (Å²) in [6.07, 6.45) is 1.35. The molecule has 0 saturated carbocycles. The van der Waals surface area contributed by atoms with Gasteiger partial charge in [0.2, 0.25) is 0 Å². The van der Waals surface area contributed by atoms with E-state index in [-0.39, 0.29) is 6.42 Å². The molecule has 0 atom stereocenters. The smallest absolute Gasteiger partial charge is 0.310 e. The summed E-state index contributed by atoms with van der Waals surface area (Å²) in [4.78, 5) is 22.0. The Morgan fingerprint density at radius 2 is 2.24 bits per heavy atom. The molecule has 0 heterocycles. The number of rotatable bonds is 4. The molecule has 0 bridgehead atoms. The number of nitrogens with zero attached hydrogens (tertiary/aromatic N) is 1. The largest absolute Gasteiger partial charge is 0.469 e. The van der Waals surface area contributed by atoms with E-state index in [9.17, 15) is 9.59 Å². The average molecular weight is 231 g/mol. The summed E-state index contributed by atoms with van der Waals surface area (Å²) >= 11 is 0. The third-order valence-electron chi connectivity index (χ3n) is 2.59. The van der Waals surface area contributed by atoms with E-state index in [1.165, 1.54) is 7.11 Å². The minimum atomic E-state index is -0.401. The maximum atomic E-state index is 11.2. The predicted molar refractivity (Wildman–Crippen MR) is 61.6 cm³/mol. The van der Waals surface area contributed by atoms with E-state index < -0.39 is 5.97 Å². The molecule has 88 valence electrons. The van der Waals surface area contributed by atoms with Crippen molar-refractivity contribution in [2.24, 2.45) is 0 Å². The molecular weight excluding hydrogens is 218 g/mol. The third kappa shape index (κ3) is 2.70. The van der Waals surface area contributed by atoms with Gasteiger partial charge in [-0.15, -0.1) is 0 Å². The number of carbonyl (C=O) groups excluding carboxylic acids is 2. The number of methoxy groups -OCH3 is 1. The maximum absolute atomic E-state index is 11.2. The van der Waals surface area contributed by atoms with Crippen LogP contribution in [0.1, 0.15) is 34.0 Å². The first-order valence-electron chi connectivity index (χ1n) is 5.24. The fraction of sp³-hybridized carbons (Fsp3) is 0.308. The lowest BCUT2D eigenvalue weighted by atomic mass is 9.94. The summed E-state index contributed by atoms with van der Waals surface area (Å²) in [5, 5.41) is 9.12. The van der Waals surface area contributed by atoms with Gasteiger partial charge in [0, 0.05) is 5.56 Å². The first kappa shape index (κ1) is 12.9.